The van der Waals surface area contributed by atoms with E-state index < -0.39 is 48.7 Å². The molecule has 1 aromatic rings. The summed E-state index contributed by atoms with van der Waals surface area (Å²) >= 11 is 0. The molecule has 1 saturated carbocycles. The maximum absolute atomic E-state index is 13.0. The second-order valence-corrected chi connectivity index (χ2v) is 16.8. The van der Waals surface area contributed by atoms with E-state index in [0.717, 1.165) is 12.0 Å². The lowest BCUT2D eigenvalue weighted by atomic mass is 9.82. The molecule has 0 aromatic heterocycles. The van der Waals surface area contributed by atoms with Gasteiger partial charge in [0.25, 0.3) is 11.8 Å². The Morgan fingerprint density at radius 2 is 1.04 bits per heavy atom. The van der Waals surface area contributed by atoms with Gasteiger partial charge in [-0.3, -0.25) is 48.1 Å². The molecule has 1 aliphatic heterocycles. The quantitative estimate of drug-likeness (QED) is 0.0196. The summed E-state index contributed by atoms with van der Waals surface area (Å²) in [5.41, 5.74) is 5.99. The van der Waals surface area contributed by atoms with Crippen LogP contribution in [0.2, 0.25) is 0 Å². The van der Waals surface area contributed by atoms with E-state index in [2.05, 4.69) is 31.9 Å². The molecular formula is C49H76N8O18. The number of unbranched alkanes of at least 4 members (excludes halogenated alkanes) is 2. The minimum absolute atomic E-state index is 0.0670. The molecule has 0 spiro atoms. The molecule has 1 aromatic carbocycles. The molecule has 0 unspecified atom stereocenters. The summed E-state index contributed by atoms with van der Waals surface area (Å²) in [5.74, 6) is -4.29. The Kier molecular flexibility index (Phi) is 34.1. The molecule has 1 fully saturated rings. The zero-order valence-corrected chi connectivity index (χ0v) is 42.7. The van der Waals surface area contributed by atoms with E-state index in [1.165, 1.54) is 17.1 Å². The highest BCUT2D eigenvalue weighted by Gasteiger charge is 2.34. The maximum atomic E-state index is 13.0. The predicted octanol–water partition coefficient (Wildman–Crippen LogP) is -2.85. The van der Waals surface area contributed by atoms with Crippen LogP contribution in [0.5, 0.6) is 0 Å². The van der Waals surface area contributed by atoms with Gasteiger partial charge >= 0.3 is 0 Å². The summed E-state index contributed by atoms with van der Waals surface area (Å²) in [7, 11) is 0. The summed E-state index contributed by atoms with van der Waals surface area (Å²) in [5, 5.41) is 15.2. The summed E-state index contributed by atoms with van der Waals surface area (Å²) in [6.45, 7) is 4.41. The fraction of sp³-hybridized carbons (Fsp3) is 0.653. The van der Waals surface area contributed by atoms with Gasteiger partial charge in [0.1, 0.15) is 19.4 Å². The van der Waals surface area contributed by atoms with E-state index in [9.17, 15) is 43.2 Å². The van der Waals surface area contributed by atoms with E-state index >= 15 is 0 Å². The first-order chi connectivity index (χ1) is 36.4. The first kappa shape index (κ1) is 63.3. The van der Waals surface area contributed by atoms with Gasteiger partial charge in [0, 0.05) is 44.0 Å². The molecule has 0 radical (unpaired) electrons. The number of primary amides is 1. The van der Waals surface area contributed by atoms with Crippen molar-refractivity contribution in [3.63, 3.8) is 0 Å². The number of carbonyl (C=O) groups is 9. The second kappa shape index (κ2) is 40.4. The highest BCUT2D eigenvalue weighted by molar-refractivity contribution is 6.12. The van der Waals surface area contributed by atoms with Crippen molar-refractivity contribution in [3.8, 4) is 0 Å². The average Bonchev–Trinajstić information content (AvgIpc) is 3.70. The molecule has 26 nitrogen and oxygen atoms in total. The van der Waals surface area contributed by atoms with Gasteiger partial charge in [0.15, 0.2) is 0 Å². The van der Waals surface area contributed by atoms with Crippen LogP contribution in [-0.4, -0.2) is 215 Å². The van der Waals surface area contributed by atoms with Crippen LogP contribution in [0, 0.1) is 5.92 Å². The number of rotatable bonds is 46. The number of nitrogens with one attached hydrogen (secondary N) is 6. The van der Waals surface area contributed by atoms with Crippen molar-refractivity contribution in [1.29, 1.82) is 0 Å². The van der Waals surface area contributed by atoms with E-state index in [1.54, 1.807) is 30.3 Å². The number of nitrogens with two attached hydrogens (primary N) is 1. The van der Waals surface area contributed by atoms with E-state index in [1.807, 2.05) is 0 Å². The number of carbonyl (C=O) groups excluding carboxylic acids is 9. The molecule has 3 rings (SSSR count). The maximum Gasteiger partial charge on any atom is 0.253 e. The Bertz CT molecular complexity index is 1890. The first-order valence-corrected chi connectivity index (χ1v) is 25.2. The smallest absolute Gasteiger partial charge is 0.253 e. The Labute approximate surface area is 436 Å². The van der Waals surface area contributed by atoms with Crippen molar-refractivity contribution >= 4 is 53.2 Å². The highest BCUT2D eigenvalue weighted by Crippen LogP contribution is 2.29. The standard InChI is InChI=1S/C49H76N8O18/c50-48(65)38-30-39(31-38)75-36-55-43(60)33-54-49(66)40(29-37-7-3-1-4-8-37)56-44(61)34-52-42(59)32-53-45(62)35-74-28-27-73-26-25-72-24-23-71-22-21-70-20-19-69-18-17-68-16-15-67-14-12-51-41(58)9-5-2-6-13-57-46(63)10-11-47(57)64/h1,3-4,7-8,10-11,38-40H,2,5-6,9,12-36H2,(H2,50,65)(H,51,58)(H,52,59)(H,53,62)(H,54,66)(H,55,60)(H,56,61)/t38?,39?,40-/m0/s1. The first-order valence-electron chi connectivity index (χ1n) is 25.2. The lowest BCUT2D eigenvalue weighted by Crippen LogP contribution is -2.52. The van der Waals surface area contributed by atoms with Crippen molar-refractivity contribution in [2.75, 3.05) is 145 Å². The number of amides is 9. The van der Waals surface area contributed by atoms with Crippen LogP contribution in [0.25, 0.3) is 0 Å². The Morgan fingerprint density at radius 3 is 1.60 bits per heavy atom. The molecule has 0 bridgehead atoms. The fourth-order valence-electron chi connectivity index (χ4n) is 6.74. The van der Waals surface area contributed by atoms with Crippen LogP contribution in [0.1, 0.15) is 44.1 Å². The Balaban J connectivity index is 1.03. The molecule has 75 heavy (non-hydrogen) atoms. The van der Waals surface area contributed by atoms with Gasteiger partial charge in [-0.25, -0.2) is 0 Å². The largest absolute Gasteiger partial charge is 0.377 e. The van der Waals surface area contributed by atoms with Crippen LogP contribution >= 0.6 is 0 Å². The monoisotopic (exact) mass is 1060 g/mol. The average molecular weight is 1070 g/mol. The fourth-order valence-corrected chi connectivity index (χ4v) is 6.74. The third kappa shape index (κ3) is 31.5. The predicted molar refractivity (Wildman–Crippen MR) is 265 cm³/mol. The molecule has 9 amide bonds. The topological polar surface area (TPSA) is 338 Å². The summed E-state index contributed by atoms with van der Waals surface area (Å²) in [6, 6.07) is 7.82. The lowest BCUT2D eigenvalue weighted by molar-refractivity contribution is -0.137. The van der Waals surface area contributed by atoms with Crippen molar-refractivity contribution in [1.82, 2.24) is 36.8 Å². The lowest BCUT2D eigenvalue weighted by Gasteiger charge is -2.32. The molecule has 0 saturated heterocycles. The van der Waals surface area contributed by atoms with Crippen LogP contribution in [-0.2, 0) is 92.2 Å². The minimum atomic E-state index is -1.07. The van der Waals surface area contributed by atoms with Gasteiger partial charge in [0.05, 0.1) is 125 Å². The Hall–Kier alpha value is -5.97. The van der Waals surface area contributed by atoms with E-state index in [4.69, 9.17) is 48.4 Å². The molecule has 26 heteroatoms. The Morgan fingerprint density at radius 1 is 0.547 bits per heavy atom. The zero-order valence-electron chi connectivity index (χ0n) is 42.7. The second-order valence-electron chi connectivity index (χ2n) is 16.8. The van der Waals surface area contributed by atoms with Crippen LogP contribution < -0.4 is 37.6 Å². The van der Waals surface area contributed by atoms with E-state index in [-0.39, 0.29) is 75.2 Å². The SMILES string of the molecule is NC(=O)C1CC(OCNC(=O)CNC(=O)[C@H](Cc2ccccc2)NC(=O)CNC(=O)CNC(=O)COCCOCCOCCOCCOCCOCCOCCOCCNC(=O)CCCCCN2C(=O)C=CC2=O)C1. The molecule has 420 valence electrons. The van der Waals surface area contributed by atoms with Gasteiger partial charge in [-0.2, -0.15) is 0 Å². The molecule has 1 aliphatic carbocycles. The van der Waals surface area contributed by atoms with Gasteiger partial charge in [-0.15, -0.1) is 0 Å². The third-order valence-corrected chi connectivity index (χ3v) is 10.9. The number of imide groups is 1. The highest BCUT2D eigenvalue weighted by atomic mass is 16.6. The number of hydrogen-bond donors (Lipinski definition) is 7. The minimum Gasteiger partial charge on any atom is -0.377 e. The summed E-state index contributed by atoms with van der Waals surface area (Å²) in [6.07, 6.45) is 5.87. The molecule has 2 aliphatic rings. The number of benzene rings is 1. The van der Waals surface area contributed by atoms with Gasteiger partial charge < -0.3 is 80.3 Å². The van der Waals surface area contributed by atoms with Crippen LogP contribution in [0.15, 0.2) is 42.5 Å². The third-order valence-electron chi connectivity index (χ3n) is 10.9. The molecule has 1 heterocycles. The summed E-state index contributed by atoms with van der Waals surface area (Å²) in [4.78, 5) is 110. The molecule has 1 atom stereocenters. The van der Waals surface area contributed by atoms with Gasteiger partial charge in [-0.05, 0) is 31.2 Å². The number of hydrogen-bond acceptors (Lipinski definition) is 18. The molecule has 8 N–H and O–H groups in total. The van der Waals surface area contributed by atoms with Crippen molar-refractivity contribution in [2.24, 2.45) is 11.7 Å². The number of ether oxygens (including phenoxy) is 9. The molecular weight excluding hydrogens is 989 g/mol. The van der Waals surface area contributed by atoms with Crippen LogP contribution in [0.3, 0.4) is 0 Å². The van der Waals surface area contributed by atoms with E-state index in [0.29, 0.717) is 131 Å². The number of nitrogens with zero attached hydrogens (tertiary/aromatic N) is 1. The van der Waals surface area contributed by atoms with Crippen molar-refractivity contribution < 1.29 is 85.8 Å². The summed E-state index contributed by atoms with van der Waals surface area (Å²) < 4.78 is 49.0. The van der Waals surface area contributed by atoms with Crippen molar-refractivity contribution in [3.05, 3.63) is 48.0 Å². The van der Waals surface area contributed by atoms with Crippen LogP contribution in [0.4, 0.5) is 0 Å². The normalized spacial score (nSPS) is 15.2. The zero-order chi connectivity index (χ0) is 54.1. The van der Waals surface area contributed by atoms with Gasteiger partial charge in [-0.1, -0.05) is 36.8 Å². The van der Waals surface area contributed by atoms with Gasteiger partial charge in [0.2, 0.25) is 41.4 Å². The van der Waals surface area contributed by atoms with Crippen molar-refractivity contribution in [2.45, 2.75) is 57.1 Å².